The summed E-state index contributed by atoms with van der Waals surface area (Å²) in [7, 11) is 1.55. The summed E-state index contributed by atoms with van der Waals surface area (Å²) >= 11 is 6.02. The number of carbonyl (C=O) groups is 3. The molecule has 0 saturated heterocycles. The predicted octanol–water partition coefficient (Wildman–Crippen LogP) is 10.2. The van der Waals surface area contributed by atoms with Gasteiger partial charge in [-0.25, -0.2) is 0 Å². The summed E-state index contributed by atoms with van der Waals surface area (Å²) in [6.07, 6.45) is 26.7. The Kier molecular flexibility index (Phi) is 16.9. The minimum absolute atomic E-state index is 0.123. The van der Waals surface area contributed by atoms with E-state index >= 15 is 0 Å². The molecule has 1 heterocycles. The average Bonchev–Trinajstić information content (AvgIpc) is 3.35. The molecule has 8 heteroatoms. The van der Waals surface area contributed by atoms with Crippen LogP contribution in [0.4, 0.5) is 0 Å². The number of ether oxygens (including phenoxy) is 3. The van der Waals surface area contributed by atoms with Crippen molar-refractivity contribution in [1.82, 2.24) is 4.57 Å². The quantitative estimate of drug-likeness (QED) is 0.0540. The van der Waals surface area contributed by atoms with E-state index in [2.05, 4.69) is 67.7 Å². The minimum atomic E-state index is -1.05. The summed E-state index contributed by atoms with van der Waals surface area (Å²) in [5.41, 5.74) is 2.31. The van der Waals surface area contributed by atoms with Crippen molar-refractivity contribution in [3.8, 4) is 5.75 Å². The van der Waals surface area contributed by atoms with Crippen LogP contribution in [0.1, 0.15) is 86.8 Å². The summed E-state index contributed by atoms with van der Waals surface area (Å²) in [6.45, 7) is 5.44. The molecule has 0 spiro atoms. The lowest BCUT2D eigenvalue weighted by Crippen LogP contribution is -2.23. The Morgan fingerprint density at radius 1 is 0.796 bits per heavy atom. The summed E-state index contributed by atoms with van der Waals surface area (Å²) in [5.74, 6) is -0.678. The number of aromatic nitrogens is 1. The molecule has 0 aliphatic rings. The monoisotopic (exact) mass is 685 g/mol. The number of benzene rings is 2. The molecule has 3 aromatic rings. The van der Waals surface area contributed by atoms with Crippen molar-refractivity contribution in [2.45, 2.75) is 84.8 Å². The van der Waals surface area contributed by atoms with Gasteiger partial charge in [0.15, 0.2) is 0 Å². The number of rotatable bonds is 19. The molecule has 1 unspecified atom stereocenters. The van der Waals surface area contributed by atoms with E-state index in [1.807, 2.05) is 0 Å². The Morgan fingerprint density at radius 3 is 1.96 bits per heavy atom. The van der Waals surface area contributed by atoms with E-state index in [0.717, 1.165) is 38.5 Å². The fraction of sp³-hybridized carbons (Fsp3) is 0.341. The second-order valence-electron chi connectivity index (χ2n) is 11.4. The topological polar surface area (TPSA) is 83.8 Å². The van der Waals surface area contributed by atoms with Gasteiger partial charge in [-0.15, -0.1) is 0 Å². The van der Waals surface area contributed by atoms with Gasteiger partial charge in [0.25, 0.3) is 5.91 Å². The molecule has 0 bridgehead atoms. The molecule has 0 amide bonds. The van der Waals surface area contributed by atoms with Crippen LogP contribution in [-0.2, 0) is 25.5 Å². The highest BCUT2D eigenvalue weighted by Gasteiger charge is 2.23. The Bertz CT molecular complexity index is 1680. The third-order valence-corrected chi connectivity index (χ3v) is 7.91. The van der Waals surface area contributed by atoms with Crippen molar-refractivity contribution in [3.05, 3.63) is 125 Å². The number of methoxy groups -OCH3 is 1. The van der Waals surface area contributed by atoms with Crippen LogP contribution in [0.15, 0.2) is 103 Å². The number of esters is 2. The van der Waals surface area contributed by atoms with E-state index in [1.54, 1.807) is 61.1 Å². The number of unbranched alkanes of at least 4 members (excludes halogenated alkanes) is 1. The van der Waals surface area contributed by atoms with Crippen LogP contribution in [0.25, 0.3) is 10.9 Å². The minimum Gasteiger partial charge on any atom is -0.497 e. The van der Waals surface area contributed by atoms with Gasteiger partial charge >= 0.3 is 11.9 Å². The van der Waals surface area contributed by atoms with Crippen LogP contribution >= 0.6 is 11.6 Å². The number of fused-ring (bicyclic) bond motifs is 1. The van der Waals surface area contributed by atoms with Crippen LogP contribution < -0.4 is 4.74 Å². The second-order valence-corrected chi connectivity index (χ2v) is 11.9. The SMILES string of the molecule is CC/C=C\C/C=C\C/C=C\C/C=C\C/C=C\CCCC(=O)OC(C)OC(=O)Cc1c(C)n(C(=O)c2ccc(Cl)cc2)c2ccc(OC)cc12. The van der Waals surface area contributed by atoms with Crippen molar-refractivity contribution >= 4 is 40.3 Å². The highest BCUT2D eigenvalue weighted by Crippen LogP contribution is 2.31. The van der Waals surface area contributed by atoms with Crippen LogP contribution in [0.2, 0.25) is 5.02 Å². The first-order valence-corrected chi connectivity index (χ1v) is 17.2. The fourth-order valence-electron chi connectivity index (χ4n) is 5.17. The molecule has 2 aromatic carbocycles. The van der Waals surface area contributed by atoms with Gasteiger partial charge in [-0.3, -0.25) is 19.0 Å². The van der Waals surface area contributed by atoms with Gasteiger partial charge in [-0.1, -0.05) is 79.3 Å². The second kappa shape index (κ2) is 21.4. The first kappa shape index (κ1) is 38.8. The van der Waals surface area contributed by atoms with Crippen LogP contribution in [-0.4, -0.2) is 35.8 Å². The Hall–Kier alpha value is -4.62. The highest BCUT2D eigenvalue weighted by molar-refractivity contribution is 6.30. The van der Waals surface area contributed by atoms with Gasteiger partial charge in [0.05, 0.1) is 19.0 Å². The van der Waals surface area contributed by atoms with Gasteiger partial charge in [0.2, 0.25) is 6.29 Å². The molecule has 0 N–H and O–H groups in total. The van der Waals surface area contributed by atoms with Crippen LogP contribution in [0, 0.1) is 6.92 Å². The van der Waals surface area contributed by atoms with Crippen molar-refractivity contribution in [1.29, 1.82) is 0 Å². The Morgan fingerprint density at radius 2 is 1.37 bits per heavy atom. The van der Waals surface area contributed by atoms with E-state index in [4.69, 9.17) is 25.8 Å². The van der Waals surface area contributed by atoms with E-state index in [9.17, 15) is 14.4 Å². The van der Waals surface area contributed by atoms with Gasteiger partial charge in [0, 0.05) is 35.0 Å². The molecule has 0 aliphatic carbocycles. The Balaban J connectivity index is 1.42. The molecule has 7 nitrogen and oxygen atoms in total. The zero-order chi connectivity index (χ0) is 35.4. The molecule has 260 valence electrons. The number of halogens is 1. The van der Waals surface area contributed by atoms with Crippen molar-refractivity contribution in [2.24, 2.45) is 0 Å². The first-order chi connectivity index (χ1) is 23.7. The normalized spacial score (nSPS) is 12.7. The van der Waals surface area contributed by atoms with Gasteiger partial charge in [0.1, 0.15) is 5.75 Å². The zero-order valence-corrected chi connectivity index (χ0v) is 29.8. The van der Waals surface area contributed by atoms with Crippen LogP contribution in [0.3, 0.4) is 0 Å². The summed E-state index contributed by atoms with van der Waals surface area (Å²) in [5, 5.41) is 1.22. The summed E-state index contributed by atoms with van der Waals surface area (Å²) in [4.78, 5) is 38.9. The lowest BCUT2D eigenvalue weighted by atomic mass is 10.1. The highest BCUT2D eigenvalue weighted by atomic mass is 35.5. The smallest absolute Gasteiger partial charge is 0.313 e. The molecule has 0 saturated carbocycles. The molecule has 1 aromatic heterocycles. The summed E-state index contributed by atoms with van der Waals surface area (Å²) in [6, 6.07) is 12.0. The van der Waals surface area contributed by atoms with E-state index in [0.29, 0.717) is 44.9 Å². The Labute approximate surface area is 295 Å². The third kappa shape index (κ3) is 13.1. The number of hydrogen-bond donors (Lipinski definition) is 0. The number of nitrogens with zero attached hydrogens (tertiary/aromatic N) is 1. The standard InChI is InChI=1S/C41H48ClNO6/c1-5-6-7-8-9-10-11-12-13-14-15-16-17-18-19-20-21-22-39(44)48-32(3)49-40(45)30-36-31(2)43(38-28-27-35(47-4)29-37(36)38)41(46)33-23-25-34(42)26-24-33/h6-7,9-10,12-13,15-16,18-19,23-29,32H,5,8,11,14,17,20-22,30H2,1-4H3/b7-6-,10-9-,13-12-,16-15-,19-18-. The number of carbonyl (C=O) groups excluding carboxylic acids is 3. The molecule has 49 heavy (non-hydrogen) atoms. The van der Waals surface area contributed by atoms with Crippen LogP contribution in [0.5, 0.6) is 5.75 Å². The third-order valence-electron chi connectivity index (χ3n) is 7.66. The lowest BCUT2D eigenvalue weighted by Gasteiger charge is -2.14. The van der Waals surface area contributed by atoms with Crippen molar-refractivity contribution < 1.29 is 28.6 Å². The van der Waals surface area contributed by atoms with Crippen molar-refractivity contribution in [2.75, 3.05) is 7.11 Å². The van der Waals surface area contributed by atoms with Gasteiger partial charge in [-0.2, -0.15) is 0 Å². The number of hydrogen-bond acceptors (Lipinski definition) is 6. The maximum atomic E-state index is 13.5. The zero-order valence-electron chi connectivity index (χ0n) is 29.0. The van der Waals surface area contributed by atoms with Gasteiger partial charge < -0.3 is 14.2 Å². The van der Waals surface area contributed by atoms with Gasteiger partial charge in [-0.05, 0) is 99.9 Å². The molecule has 0 aliphatic heterocycles. The van der Waals surface area contributed by atoms with Crippen molar-refractivity contribution in [3.63, 3.8) is 0 Å². The fourth-order valence-corrected chi connectivity index (χ4v) is 5.29. The summed E-state index contributed by atoms with van der Waals surface area (Å²) < 4.78 is 17.7. The molecular weight excluding hydrogens is 638 g/mol. The lowest BCUT2D eigenvalue weighted by molar-refractivity contribution is -0.184. The van der Waals surface area contributed by atoms with E-state index < -0.39 is 18.2 Å². The molecule has 3 rings (SSSR count). The van der Waals surface area contributed by atoms with E-state index in [1.165, 1.54) is 6.92 Å². The maximum Gasteiger partial charge on any atom is 0.313 e. The van der Waals surface area contributed by atoms with E-state index in [-0.39, 0.29) is 18.7 Å². The molecule has 0 radical (unpaired) electrons. The average molecular weight is 686 g/mol. The maximum absolute atomic E-state index is 13.5. The molecule has 1 atom stereocenters. The molecular formula is C41H48ClNO6. The number of allylic oxidation sites excluding steroid dienone is 10. The molecule has 0 fully saturated rings. The first-order valence-electron chi connectivity index (χ1n) is 16.9. The predicted molar refractivity (Wildman–Crippen MR) is 198 cm³/mol. The largest absolute Gasteiger partial charge is 0.497 e.